The second-order valence-electron chi connectivity index (χ2n) is 9.83. The number of hydrogen-bond donors (Lipinski definition) is 0. The van der Waals surface area contributed by atoms with Gasteiger partial charge in [-0.1, -0.05) is 103 Å². The molecule has 0 aliphatic carbocycles. The molecular weight excluding hydrogens is 476 g/mol. The van der Waals surface area contributed by atoms with E-state index in [1.54, 1.807) is 0 Å². The van der Waals surface area contributed by atoms with Gasteiger partial charge in [0.25, 0.3) is 0 Å². The Morgan fingerprint density at radius 2 is 1.03 bits per heavy atom. The van der Waals surface area contributed by atoms with Crippen LogP contribution in [0.4, 0.5) is 0 Å². The second-order valence-corrected chi connectivity index (χ2v) is 9.83. The highest BCUT2D eigenvalue weighted by Gasteiger charge is 2.14. The van der Waals surface area contributed by atoms with Crippen LogP contribution in [0.1, 0.15) is 0 Å². The number of aromatic nitrogens is 2. The lowest BCUT2D eigenvalue weighted by molar-refractivity contribution is 0.669. The molecular formula is C36H22N2O. The van der Waals surface area contributed by atoms with Crippen molar-refractivity contribution in [3.63, 3.8) is 0 Å². The molecule has 8 aromatic rings. The van der Waals surface area contributed by atoms with Gasteiger partial charge in [0.1, 0.15) is 11.2 Å². The fraction of sp³-hybridized carbons (Fsp3) is 0. The Labute approximate surface area is 225 Å². The topological polar surface area (TPSA) is 38.9 Å². The van der Waals surface area contributed by atoms with Crippen LogP contribution >= 0.6 is 0 Å². The first-order chi connectivity index (χ1) is 19.3. The molecule has 2 heterocycles. The van der Waals surface area contributed by atoms with Crippen LogP contribution in [0.5, 0.6) is 0 Å². The van der Waals surface area contributed by atoms with Gasteiger partial charge in [-0.05, 0) is 52.2 Å². The SMILES string of the molecule is c1ccc(-c2nc3ccccc3nc2-c2ccc(-c3ccc4c(ccc5oc6ccccc6c54)c3)cc2)cc1. The second kappa shape index (κ2) is 8.64. The van der Waals surface area contributed by atoms with Crippen LogP contribution < -0.4 is 0 Å². The number of furan rings is 1. The first-order valence-electron chi connectivity index (χ1n) is 13.1. The molecule has 3 heteroatoms. The third kappa shape index (κ3) is 3.59. The van der Waals surface area contributed by atoms with Gasteiger partial charge in [0.2, 0.25) is 0 Å². The average molecular weight is 499 g/mol. The van der Waals surface area contributed by atoms with E-state index in [1.807, 2.05) is 54.6 Å². The molecule has 0 saturated carbocycles. The van der Waals surface area contributed by atoms with Crippen molar-refractivity contribution >= 4 is 43.7 Å². The highest BCUT2D eigenvalue weighted by Crippen LogP contribution is 2.37. The smallest absolute Gasteiger partial charge is 0.136 e. The average Bonchev–Trinajstić information content (AvgIpc) is 3.40. The quantitative estimate of drug-likeness (QED) is 0.243. The van der Waals surface area contributed by atoms with Gasteiger partial charge < -0.3 is 4.42 Å². The molecule has 2 aromatic heterocycles. The zero-order chi connectivity index (χ0) is 25.8. The monoisotopic (exact) mass is 498 g/mol. The maximum absolute atomic E-state index is 6.09. The van der Waals surface area contributed by atoms with Gasteiger partial charge in [-0.25, -0.2) is 9.97 Å². The molecule has 0 aliphatic rings. The maximum atomic E-state index is 6.09. The van der Waals surface area contributed by atoms with Crippen LogP contribution in [0.3, 0.4) is 0 Å². The van der Waals surface area contributed by atoms with Crippen LogP contribution in [0, 0.1) is 0 Å². The summed E-state index contributed by atoms with van der Waals surface area (Å²) in [6, 6.07) is 46.1. The van der Waals surface area contributed by atoms with Crippen molar-refractivity contribution in [1.29, 1.82) is 0 Å². The Balaban J connectivity index is 1.23. The number of benzene rings is 6. The van der Waals surface area contributed by atoms with Crippen molar-refractivity contribution in [1.82, 2.24) is 9.97 Å². The van der Waals surface area contributed by atoms with Crippen LogP contribution in [0.2, 0.25) is 0 Å². The van der Waals surface area contributed by atoms with E-state index in [4.69, 9.17) is 14.4 Å². The molecule has 3 nitrogen and oxygen atoms in total. The summed E-state index contributed by atoms with van der Waals surface area (Å²) in [4.78, 5) is 10.1. The minimum Gasteiger partial charge on any atom is -0.456 e. The standard InChI is InChI=1S/C36H22N2O/c1-2-8-24(9-3-1)35-36(38-31-12-6-5-11-30(31)37-35)25-16-14-23(15-17-25)26-18-20-28-27(22-26)19-21-33-34(28)29-10-4-7-13-32(29)39-33/h1-22H. The molecule has 0 atom stereocenters. The zero-order valence-electron chi connectivity index (χ0n) is 21.0. The predicted octanol–water partition coefficient (Wildman–Crippen LogP) is 9.68. The maximum Gasteiger partial charge on any atom is 0.136 e. The van der Waals surface area contributed by atoms with Crippen LogP contribution in [0.25, 0.3) is 77.4 Å². The molecule has 6 aromatic carbocycles. The fourth-order valence-electron chi connectivity index (χ4n) is 5.55. The van der Waals surface area contributed by atoms with Crippen molar-refractivity contribution < 1.29 is 4.42 Å². The van der Waals surface area contributed by atoms with Gasteiger partial charge in [-0.15, -0.1) is 0 Å². The van der Waals surface area contributed by atoms with E-state index in [2.05, 4.69) is 78.9 Å². The molecule has 0 radical (unpaired) electrons. The van der Waals surface area contributed by atoms with Crippen molar-refractivity contribution in [3.8, 4) is 33.6 Å². The first kappa shape index (κ1) is 21.8. The first-order valence-corrected chi connectivity index (χ1v) is 13.1. The van der Waals surface area contributed by atoms with Crippen molar-refractivity contribution in [3.05, 3.63) is 133 Å². The minimum atomic E-state index is 0.888. The number of para-hydroxylation sites is 3. The number of nitrogens with zero attached hydrogens (tertiary/aromatic N) is 2. The third-order valence-corrected chi connectivity index (χ3v) is 7.47. The largest absolute Gasteiger partial charge is 0.456 e. The van der Waals surface area contributed by atoms with Crippen LogP contribution in [-0.4, -0.2) is 9.97 Å². The molecule has 8 rings (SSSR count). The summed E-state index contributed by atoms with van der Waals surface area (Å²) in [6.07, 6.45) is 0. The summed E-state index contributed by atoms with van der Waals surface area (Å²) in [6.45, 7) is 0. The third-order valence-electron chi connectivity index (χ3n) is 7.47. The molecule has 0 fully saturated rings. The summed E-state index contributed by atoms with van der Waals surface area (Å²) in [5.41, 5.74) is 9.85. The lowest BCUT2D eigenvalue weighted by atomic mass is 9.97. The Kier molecular flexibility index (Phi) is 4.82. The lowest BCUT2D eigenvalue weighted by Gasteiger charge is -2.11. The van der Waals surface area contributed by atoms with Crippen molar-refractivity contribution in [2.75, 3.05) is 0 Å². The van der Waals surface area contributed by atoms with E-state index >= 15 is 0 Å². The Bertz CT molecular complexity index is 2160. The Morgan fingerprint density at radius 3 is 1.79 bits per heavy atom. The highest BCUT2D eigenvalue weighted by atomic mass is 16.3. The summed E-state index contributed by atoms with van der Waals surface area (Å²) >= 11 is 0. The number of hydrogen-bond acceptors (Lipinski definition) is 3. The van der Waals surface area contributed by atoms with Gasteiger partial charge in [-0.2, -0.15) is 0 Å². The highest BCUT2D eigenvalue weighted by molar-refractivity contribution is 6.19. The summed E-state index contributed by atoms with van der Waals surface area (Å²) in [7, 11) is 0. The van der Waals surface area contributed by atoms with E-state index in [0.29, 0.717) is 0 Å². The summed E-state index contributed by atoms with van der Waals surface area (Å²) in [5, 5.41) is 4.73. The molecule has 182 valence electrons. The molecule has 0 spiro atoms. The Hall–Kier alpha value is -5.28. The summed E-state index contributed by atoms with van der Waals surface area (Å²) < 4.78 is 6.09. The van der Waals surface area contributed by atoms with E-state index in [0.717, 1.165) is 55.7 Å². The molecule has 0 aliphatic heterocycles. The van der Waals surface area contributed by atoms with Crippen LogP contribution in [-0.2, 0) is 0 Å². The molecule has 0 N–H and O–H groups in total. The lowest BCUT2D eigenvalue weighted by Crippen LogP contribution is -1.95. The van der Waals surface area contributed by atoms with Crippen molar-refractivity contribution in [2.24, 2.45) is 0 Å². The van der Waals surface area contributed by atoms with Gasteiger partial charge >= 0.3 is 0 Å². The van der Waals surface area contributed by atoms with E-state index in [1.165, 1.54) is 21.7 Å². The number of fused-ring (bicyclic) bond motifs is 6. The van der Waals surface area contributed by atoms with Gasteiger partial charge in [0.05, 0.1) is 22.4 Å². The molecule has 39 heavy (non-hydrogen) atoms. The van der Waals surface area contributed by atoms with E-state index in [9.17, 15) is 0 Å². The van der Waals surface area contributed by atoms with Gasteiger partial charge in [0.15, 0.2) is 0 Å². The van der Waals surface area contributed by atoms with Gasteiger partial charge in [0, 0.05) is 21.9 Å². The van der Waals surface area contributed by atoms with E-state index < -0.39 is 0 Å². The summed E-state index contributed by atoms with van der Waals surface area (Å²) in [5.74, 6) is 0. The fourth-order valence-corrected chi connectivity index (χ4v) is 5.55. The van der Waals surface area contributed by atoms with Crippen molar-refractivity contribution in [2.45, 2.75) is 0 Å². The molecule has 0 bridgehead atoms. The van der Waals surface area contributed by atoms with E-state index in [-0.39, 0.29) is 0 Å². The molecule has 0 unspecified atom stereocenters. The predicted molar refractivity (Wildman–Crippen MR) is 161 cm³/mol. The normalized spacial score (nSPS) is 11.6. The molecule has 0 saturated heterocycles. The minimum absolute atomic E-state index is 0.888. The molecule has 0 amide bonds. The Morgan fingerprint density at radius 1 is 0.410 bits per heavy atom. The van der Waals surface area contributed by atoms with Gasteiger partial charge in [-0.3, -0.25) is 0 Å². The van der Waals surface area contributed by atoms with Crippen LogP contribution in [0.15, 0.2) is 138 Å². The zero-order valence-corrected chi connectivity index (χ0v) is 21.0. The number of rotatable bonds is 3.